The Morgan fingerprint density at radius 1 is 0.688 bits per heavy atom. The maximum atomic E-state index is 12.3. The molecule has 1 aliphatic heterocycles. The van der Waals surface area contributed by atoms with Crippen LogP contribution in [0.4, 0.5) is 0 Å². The smallest absolute Gasteiger partial charge is 0.269 e. The number of fused-ring (bicyclic) bond motifs is 1. The van der Waals surface area contributed by atoms with Crippen molar-refractivity contribution >= 4 is 17.7 Å². The van der Waals surface area contributed by atoms with Crippen molar-refractivity contribution in [3.63, 3.8) is 0 Å². The molecule has 0 aliphatic carbocycles. The highest BCUT2D eigenvalue weighted by Gasteiger charge is 2.15. The summed E-state index contributed by atoms with van der Waals surface area (Å²) in [4.78, 5) is 36.5. The van der Waals surface area contributed by atoms with Gasteiger partial charge < -0.3 is 14.8 Å². The predicted molar refractivity (Wildman–Crippen MR) is 117 cm³/mol. The maximum Gasteiger partial charge on any atom is 0.269 e. The normalized spacial score (nSPS) is 11.9. The van der Waals surface area contributed by atoms with Gasteiger partial charge in [0.2, 0.25) is 0 Å². The van der Waals surface area contributed by atoms with Gasteiger partial charge in [-0.25, -0.2) is 0 Å². The molecule has 1 aliphatic rings. The minimum absolute atomic E-state index is 0.291. The van der Waals surface area contributed by atoms with Gasteiger partial charge in [-0.2, -0.15) is 0 Å². The second kappa shape index (κ2) is 9.65. The van der Waals surface area contributed by atoms with Crippen molar-refractivity contribution in [1.82, 2.24) is 16.2 Å². The van der Waals surface area contributed by atoms with Gasteiger partial charge in [-0.1, -0.05) is 42.5 Å². The molecule has 0 bridgehead atoms. The molecule has 1 heterocycles. The number of nitrogens with one attached hydrogen (secondary N) is 3. The summed E-state index contributed by atoms with van der Waals surface area (Å²) in [7, 11) is 0. The molecule has 4 rings (SSSR count). The fraction of sp³-hybridized carbons (Fsp3) is 0.125. The molecule has 0 saturated heterocycles. The molecular weight excluding hydrogens is 410 g/mol. The first-order valence-corrected chi connectivity index (χ1v) is 10.0. The standard InChI is InChI=1S/C24H21N3O5/c28-22(26-27-24(30)19-10-11-20-21(14-19)32-13-12-31-20)15-25-23(29)18-8-6-17(7-9-18)16-4-2-1-3-5-16/h1-11,14H,12-13,15H2,(H,25,29)(H,26,28)(H,27,30). The fourth-order valence-electron chi connectivity index (χ4n) is 3.13. The molecule has 0 atom stereocenters. The number of ether oxygens (including phenoxy) is 2. The maximum absolute atomic E-state index is 12.3. The lowest BCUT2D eigenvalue weighted by atomic mass is 10.0. The van der Waals surface area contributed by atoms with Gasteiger partial charge >= 0.3 is 0 Å². The van der Waals surface area contributed by atoms with Crippen LogP contribution in [0.1, 0.15) is 20.7 Å². The van der Waals surface area contributed by atoms with E-state index in [1.807, 2.05) is 42.5 Å². The van der Waals surface area contributed by atoms with Crippen molar-refractivity contribution in [3.8, 4) is 22.6 Å². The van der Waals surface area contributed by atoms with E-state index in [1.54, 1.807) is 24.3 Å². The summed E-state index contributed by atoms with van der Waals surface area (Å²) in [5.74, 6) is -0.432. The minimum Gasteiger partial charge on any atom is -0.486 e. The summed E-state index contributed by atoms with van der Waals surface area (Å²) >= 11 is 0. The van der Waals surface area contributed by atoms with Crippen LogP contribution in [0, 0.1) is 0 Å². The fourth-order valence-corrected chi connectivity index (χ4v) is 3.13. The van der Waals surface area contributed by atoms with Crippen LogP contribution in [0.15, 0.2) is 72.8 Å². The molecule has 0 radical (unpaired) electrons. The van der Waals surface area contributed by atoms with Crippen molar-refractivity contribution in [3.05, 3.63) is 83.9 Å². The van der Waals surface area contributed by atoms with Gasteiger partial charge in [0.15, 0.2) is 11.5 Å². The highest BCUT2D eigenvalue weighted by Crippen LogP contribution is 2.30. The zero-order chi connectivity index (χ0) is 22.3. The van der Waals surface area contributed by atoms with Crippen LogP contribution in [-0.4, -0.2) is 37.5 Å². The van der Waals surface area contributed by atoms with Gasteiger partial charge in [0, 0.05) is 11.1 Å². The van der Waals surface area contributed by atoms with Gasteiger partial charge in [-0.3, -0.25) is 25.2 Å². The lowest BCUT2D eigenvalue weighted by molar-refractivity contribution is -0.120. The van der Waals surface area contributed by atoms with E-state index >= 15 is 0 Å². The van der Waals surface area contributed by atoms with Crippen LogP contribution in [-0.2, 0) is 4.79 Å². The summed E-state index contributed by atoms with van der Waals surface area (Å²) in [6.07, 6.45) is 0. The van der Waals surface area contributed by atoms with Gasteiger partial charge in [0.25, 0.3) is 17.7 Å². The minimum atomic E-state index is -0.565. The molecule has 162 valence electrons. The highest BCUT2D eigenvalue weighted by molar-refractivity contribution is 5.98. The monoisotopic (exact) mass is 431 g/mol. The lowest BCUT2D eigenvalue weighted by Gasteiger charge is -2.18. The first kappa shape index (κ1) is 20.9. The Bertz CT molecular complexity index is 1130. The Morgan fingerprint density at radius 3 is 2.09 bits per heavy atom. The SMILES string of the molecule is O=C(CNC(=O)c1ccc(-c2ccccc2)cc1)NNC(=O)c1ccc2c(c1)OCCO2. The molecule has 3 N–H and O–H groups in total. The third-order valence-corrected chi connectivity index (χ3v) is 4.78. The van der Waals surface area contributed by atoms with E-state index in [0.29, 0.717) is 35.8 Å². The Balaban J connectivity index is 1.25. The van der Waals surface area contributed by atoms with E-state index in [1.165, 1.54) is 6.07 Å². The van der Waals surface area contributed by atoms with Gasteiger partial charge in [-0.15, -0.1) is 0 Å². The molecule has 3 amide bonds. The molecule has 0 aromatic heterocycles. The van der Waals surface area contributed by atoms with Crippen molar-refractivity contribution in [1.29, 1.82) is 0 Å². The van der Waals surface area contributed by atoms with E-state index in [-0.39, 0.29) is 6.54 Å². The third kappa shape index (κ3) is 5.04. The van der Waals surface area contributed by atoms with Gasteiger partial charge in [0.1, 0.15) is 13.2 Å². The van der Waals surface area contributed by atoms with Crippen LogP contribution in [0.25, 0.3) is 11.1 Å². The highest BCUT2D eigenvalue weighted by atomic mass is 16.6. The number of hydrogen-bond acceptors (Lipinski definition) is 5. The number of carbonyl (C=O) groups is 3. The van der Waals surface area contributed by atoms with E-state index in [0.717, 1.165) is 11.1 Å². The van der Waals surface area contributed by atoms with Gasteiger partial charge in [-0.05, 0) is 41.5 Å². The predicted octanol–water partition coefficient (Wildman–Crippen LogP) is 2.32. The third-order valence-electron chi connectivity index (χ3n) is 4.78. The number of rotatable bonds is 5. The number of amides is 3. The summed E-state index contributed by atoms with van der Waals surface area (Å²) in [6.45, 7) is 0.571. The molecular formula is C24H21N3O5. The molecule has 8 nitrogen and oxygen atoms in total. The topological polar surface area (TPSA) is 106 Å². The Kier molecular flexibility index (Phi) is 6.31. The van der Waals surface area contributed by atoms with Crippen LogP contribution < -0.4 is 25.6 Å². The summed E-state index contributed by atoms with van der Waals surface area (Å²) in [6, 6.07) is 21.6. The molecule has 8 heteroatoms. The summed E-state index contributed by atoms with van der Waals surface area (Å²) in [5.41, 5.74) is 7.35. The Morgan fingerprint density at radius 2 is 1.34 bits per heavy atom. The average Bonchev–Trinajstić information content (AvgIpc) is 2.86. The number of hydrogen-bond donors (Lipinski definition) is 3. The van der Waals surface area contributed by atoms with E-state index < -0.39 is 17.7 Å². The number of benzene rings is 3. The first-order chi connectivity index (χ1) is 15.6. The second-order valence-electron chi connectivity index (χ2n) is 6.99. The lowest BCUT2D eigenvalue weighted by Crippen LogP contribution is -2.46. The molecule has 0 unspecified atom stereocenters. The zero-order valence-corrected chi connectivity index (χ0v) is 17.1. The molecule has 0 fully saturated rings. The quantitative estimate of drug-likeness (QED) is 0.538. The van der Waals surface area contributed by atoms with E-state index in [9.17, 15) is 14.4 Å². The molecule has 3 aromatic carbocycles. The molecule has 3 aromatic rings. The number of carbonyl (C=O) groups excluding carboxylic acids is 3. The van der Waals surface area contributed by atoms with Crippen molar-refractivity contribution in [2.75, 3.05) is 19.8 Å². The van der Waals surface area contributed by atoms with Crippen LogP contribution in [0.2, 0.25) is 0 Å². The average molecular weight is 431 g/mol. The van der Waals surface area contributed by atoms with E-state index in [4.69, 9.17) is 9.47 Å². The zero-order valence-electron chi connectivity index (χ0n) is 17.1. The molecule has 32 heavy (non-hydrogen) atoms. The van der Waals surface area contributed by atoms with Crippen LogP contribution in [0.5, 0.6) is 11.5 Å². The first-order valence-electron chi connectivity index (χ1n) is 10.0. The summed E-state index contributed by atoms with van der Waals surface area (Å²) in [5, 5.41) is 2.52. The van der Waals surface area contributed by atoms with Crippen molar-refractivity contribution in [2.45, 2.75) is 0 Å². The van der Waals surface area contributed by atoms with Crippen LogP contribution in [0.3, 0.4) is 0 Å². The summed E-state index contributed by atoms with van der Waals surface area (Å²) < 4.78 is 10.8. The molecule has 0 saturated carbocycles. The number of hydrazine groups is 1. The largest absolute Gasteiger partial charge is 0.486 e. The molecule has 0 spiro atoms. The van der Waals surface area contributed by atoms with Crippen molar-refractivity contribution in [2.24, 2.45) is 0 Å². The van der Waals surface area contributed by atoms with Crippen LogP contribution >= 0.6 is 0 Å². The Hall–Kier alpha value is -4.33. The Labute approximate surface area is 184 Å². The second-order valence-corrected chi connectivity index (χ2v) is 6.99. The van der Waals surface area contributed by atoms with Crippen molar-refractivity contribution < 1.29 is 23.9 Å². The van der Waals surface area contributed by atoms with E-state index in [2.05, 4.69) is 16.2 Å². The van der Waals surface area contributed by atoms with Gasteiger partial charge in [0.05, 0.1) is 6.54 Å².